The summed E-state index contributed by atoms with van der Waals surface area (Å²) in [7, 11) is 1.62. The quantitative estimate of drug-likeness (QED) is 0.0255. The standard InChI is InChI=1S/C49H98O17.C23H36O3.C9H16O3/c1-4-6-7-8-9-10-11-12-13-14-16-50-17-18-51-19-20-52-21-22-53-23-24-54-25-26-55-27-28-56-29-30-57-31-32-58-33-34-59-35-36-60-37-38-61-39-40-62-41-42-63-43-44-64-45-46-66-48-49(3)47-65-15-5-2;1-4-6-7-8-9-10-11-13-21-14-16-22(17-15-21)25-18-20(3)19-26-23(24)12-5-2;1-7(2)9(10)12-6-8(3)5-11-4/h5,49H,2,4,6-48H2,1,3H3;5,12,14-17,20H,4,6-11,13,18-19H2,1-3H3;8H,1,5-6H2,2-4H3/b;12-5+;. The van der Waals surface area contributed by atoms with Crippen LogP contribution in [-0.4, -0.2) is 270 Å². The molecule has 0 saturated carbocycles. The summed E-state index contributed by atoms with van der Waals surface area (Å²) in [6.45, 7) is 41.4. The summed E-state index contributed by atoms with van der Waals surface area (Å²) in [5.74, 6) is 0.985. The highest BCUT2D eigenvalue weighted by Crippen LogP contribution is 2.17. The van der Waals surface area contributed by atoms with Crippen LogP contribution in [0.5, 0.6) is 5.75 Å². The van der Waals surface area contributed by atoms with Gasteiger partial charge in [-0.3, -0.25) is 0 Å². The van der Waals surface area contributed by atoms with Gasteiger partial charge in [-0.1, -0.05) is 162 Å². The van der Waals surface area contributed by atoms with Gasteiger partial charge in [-0.2, -0.15) is 0 Å². The van der Waals surface area contributed by atoms with Crippen LogP contribution < -0.4 is 4.74 Å². The van der Waals surface area contributed by atoms with Crippen molar-refractivity contribution in [1.82, 2.24) is 0 Å². The molecule has 0 amide bonds. The molecule has 23 nitrogen and oxygen atoms in total. The molecule has 0 aliphatic rings. The number of hydrogen-bond acceptors (Lipinski definition) is 23. The van der Waals surface area contributed by atoms with Crippen LogP contribution in [0.1, 0.15) is 163 Å². The molecule has 0 aliphatic heterocycles. The number of hydrogen-bond donors (Lipinski definition) is 0. The fraction of sp³-hybridized carbons (Fsp3) is 0.827. The molecule has 0 bridgehead atoms. The van der Waals surface area contributed by atoms with Crippen molar-refractivity contribution in [3.63, 3.8) is 0 Å². The first kappa shape index (κ1) is 103. The summed E-state index contributed by atoms with van der Waals surface area (Å²) in [4.78, 5) is 22.2. The van der Waals surface area contributed by atoms with Gasteiger partial charge in [-0.05, 0) is 50.8 Å². The summed E-state index contributed by atoms with van der Waals surface area (Å²) < 4.78 is 115. The lowest BCUT2D eigenvalue weighted by Gasteiger charge is -2.13. The summed E-state index contributed by atoms with van der Waals surface area (Å²) in [5, 5.41) is 0. The van der Waals surface area contributed by atoms with E-state index in [1.807, 2.05) is 26.0 Å². The lowest BCUT2D eigenvalue weighted by atomic mass is 10.0. The summed E-state index contributed by atoms with van der Waals surface area (Å²) in [6.07, 6.45) is 28.8. The van der Waals surface area contributed by atoms with Gasteiger partial charge in [-0.15, -0.1) is 6.58 Å². The summed E-state index contributed by atoms with van der Waals surface area (Å²) in [5.41, 5.74) is 1.80. The molecule has 0 spiro atoms. The Morgan fingerprint density at radius 1 is 0.365 bits per heavy atom. The highest BCUT2D eigenvalue weighted by Gasteiger charge is 2.10. The third-order valence-electron chi connectivity index (χ3n) is 14.9. The van der Waals surface area contributed by atoms with Crippen molar-refractivity contribution in [3.05, 3.63) is 66.8 Å². The zero-order chi connectivity index (χ0) is 76.0. The van der Waals surface area contributed by atoms with Crippen molar-refractivity contribution >= 4 is 11.9 Å². The van der Waals surface area contributed by atoms with Crippen molar-refractivity contribution < 1.29 is 109 Å². The van der Waals surface area contributed by atoms with Crippen LogP contribution in [0.25, 0.3) is 0 Å². The maximum absolute atomic E-state index is 11.3. The van der Waals surface area contributed by atoms with Crippen LogP contribution in [0.4, 0.5) is 0 Å². The molecule has 23 heteroatoms. The molecule has 0 aliphatic carbocycles. The monoisotopic (exact) mass is 1490 g/mol. The van der Waals surface area contributed by atoms with E-state index in [0.717, 1.165) is 25.2 Å². The largest absolute Gasteiger partial charge is 0.493 e. The van der Waals surface area contributed by atoms with Crippen LogP contribution >= 0.6 is 0 Å². The molecule has 0 aromatic heterocycles. The van der Waals surface area contributed by atoms with E-state index in [9.17, 15) is 9.59 Å². The lowest BCUT2D eigenvalue weighted by molar-refractivity contribution is -0.141. The first-order chi connectivity index (χ1) is 51.0. The van der Waals surface area contributed by atoms with E-state index in [2.05, 4.69) is 46.1 Å². The number of carbonyl (C=O) groups excluding carboxylic acids is 2. The van der Waals surface area contributed by atoms with Gasteiger partial charge in [0.2, 0.25) is 0 Å². The lowest BCUT2D eigenvalue weighted by Crippen LogP contribution is -2.16. The highest BCUT2D eigenvalue weighted by atomic mass is 16.6. The van der Waals surface area contributed by atoms with Gasteiger partial charge in [0, 0.05) is 43.1 Å². The number of carbonyl (C=O) groups is 2. The number of allylic oxidation sites excluding steroid dienone is 1. The minimum absolute atomic E-state index is 0.164. The Labute approximate surface area is 630 Å². The third kappa shape index (κ3) is 85.7. The molecular weight excluding hydrogens is 1340 g/mol. The summed E-state index contributed by atoms with van der Waals surface area (Å²) in [6, 6.07) is 8.39. The zero-order valence-electron chi connectivity index (χ0n) is 66.7. The molecule has 0 saturated heterocycles. The molecule has 0 N–H and O–H groups in total. The molecule has 3 unspecified atom stereocenters. The van der Waals surface area contributed by atoms with Crippen LogP contribution in [0.3, 0.4) is 0 Å². The molecule has 1 rings (SSSR count). The average molecular weight is 1490 g/mol. The van der Waals surface area contributed by atoms with Gasteiger partial charge in [0.15, 0.2) is 0 Å². The average Bonchev–Trinajstić information content (AvgIpc) is 0.929. The normalized spacial score (nSPS) is 12.2. The first-order valence-electron chi connectivity index (χ1n) is 39.3. The molecule has 1 aromatic carbocycles. The maximum Gasteiger partial charge on any atom is 0.333 e. The maximum atomic E-state index is 11.3. The Morgan fingerprint density at radius 2 is 0.663 bits per heavy atom. The second kappa shape index (κ2) is 88.4. The minimum Gasteiger partial charge on any atom is -0.493 e. The minimum atomic E-state index is -0.335. The number of ether oxygens (including phenoxy) is 21. The van der Waals surface area contributed by atoms with Gasteiger partial charge in [0.05, 0.1) is 244 Å². The molecular formula is C81H150O23. The van der Waals surface area contributed by atoms with E-state index in [1.54, 1.807) is 33.1 Å². The highest BCUT2D eigenvalue weighted by molar-refractivity contribution is 5.86. The molecule has 3 atom stereocenters. The smallest absolute Gasteiger partial charge is 0.333 e. The van der Waals surface area contributed by atoms with Crippen LogP contribution in [0.15, 0.2) is 61.2 Å². The van der Waals surface area contributed by atoms with Crippen molar-refractivity contribution in [2.75, 3.05) is 258 Å². The van der Waals surface area contributed by atoms with E-state index in [-0.39, 0.29) is 23.8 Å². The van der Waals surface area contributed by atoms with Crippen LogP contribution in [0, 0.1) is 17.8 Å². The van der Waals surface area contributed by atoms with E-state index in [1.165, 1.54) is 114 Å². The number of aryl methyl sites for hydroxylation is 1. The van der Waals surface area contributed by atoms with Gasteiger partial charge >= 0.3 is 11.9 Å². The van der Waals surface area contributed by atoms with E-state index in [4.69, 9.17) is 99.5 Å². The molecule has 104 heavy (non-hydrogen) atoms. The number of methoxy groups -OCH3 is 1. The molecule has 612 valence electrons. The SMILES string of the molecule is C/C=C/C(=O)OCC(C)COc1ccc(CCCCCCCCC)cc1.C=C(C)C(=O)OCC(C)COC.C=CCOCC(C)COCCOCCOCCOCCOCCOCCOCCOCCOCCOCCOCCOCCOCCOCCOCCOCCCCCCCCCCCC. The number of esters is 2. The first-order valence-corrected chi connectivity index (χ1v) is 39.3. The Balaban J connectivity index is 0. The Morgan fingerprint density at radius 3 is 1.00 bits per heavy atom. The van der Waals surface area contributed by atoms with Crippen LogP contribution in [-0.2, 0) is 111 Å². The molecule has 1 aromatic rings. The second-order valence-electron chi connectivity index (χ2n) is 25.4. The Hall–Kier alpha value is -3.54. The molecule has 0 radical (unpaired) electrons. The summed E-state index contributed by atoms with van der Waals surface area (Å²) >= 11 is 0. The van der Waals surface area contributed by atoms with E-state index < -0.39 is 0 Å². The van der Waals surface area contributed by atoms with Crippen LogP contribution in [0.2, 0.25) is 0 Å². The van der Waals surface area contributed by atoms with Crippen molar-refractivity contribution in [2.45, 2.75) is 164 Å². The Kier molecular flexibility index (Phi) is 87.1. The van der Waals surface area contributed by atoms with Crippen molar-refractivity contribution in [1.29, 1.82) is 0 Å². The Bertz CT molecular complexity index is 1920. The van der Waals surface area contributed by atoms with Crippen molar-refractivity contribution in [3.8, 4) is 5.75 Å². The van der Waals surface area contributed by atoms with E-state index in [0.29, 0.717) is 256 Å². The number of unbranched alkanes of at least 4 members (excludes halogenated alkanes) is 15. The number of benzene rings is 1. The van der Waals surface area contributed by atoms with Gasteiger partial charge in [0.25, 0.3) is 0 Å². The number of rotatable bonds is 81. The topological polar surface area (TPSA) is 228 Å². The fourth-order valence-electron chi connectivity index (χ4n) is 9.08. The van der Waals surface area contributed by atoms with E-state index >= 15 is 0 Å². The molecule has 0 heterocycles. The third-order valence-corrected chi connectivity index (χ3v) is 14.9. The van der Waals surface area contributed by atoms with Crippen molar-refractivity contribution in [2.24, 2.45) is 17.8 Å². The second-order valence-corrected chi connectivity index (χ2v) is 25.4. The van der Waals surface area contributed by atoms with Gasteiger partial charge in [0.1, 0.15) is 5.75 Å². The molecule has 0 fully saturated rings. The predicted molar refractivity (Wildman–Crippen MR) is 411 cm³/mol. The van der Waals surface area contributed by atoms with Gasteiger partial charge in [-0.25, -0.2) is 9.59 Å². The van der Waals surface area contributed by atoms with Gasteiger partial charge < -0.3 is 99.5 Å². The fourth-order valence-corrected chi connectivity index (χ4v) is 9.08. The zero-order valence-corrected chi connectivity index (χ0v) is 66.7. The predicted octanol–water partition coefficient (Wildman–Crippen LogP) is 13.5.